The number of methoxy groups -OCH3 is 1. The van der Waals surface area contributed by atoms with Gasteiger partial charge in [-0.1, -0.05) is 18.2 Å². The van der Waals surface area contributed by atoms with Crippen molar-refractivity contribution in [3.05, 3.63) is 66.1 Å². The molecule has 3 rings (SSSR count). The summed E-state index contributed by atoms with van der Waals surface area (Å²) >= 11 is 0. The third-order valence-electron chi connectivity index (χ3n) is 4.48. The molecule has 0 unspecified atom stereocenters. The van der Waals surface area contributed by atoms with Crippen LogP contribution in [-0.4, -0.2) is 31.7 Å². The average Bonchev–Trinajstić information content (AvgIpc) is 3.17. The predicted octanol–water partition coefficient (Wildman–Crippen LogP) is 4.27. The molecule has 27 heavy (non-hydrogen) atoms. The van der Waals surface area contributed by atoms with Crippen molar-refractivity contribution in [2.45, 2.75) is 20.4 Å². The number of benzene rings is 2. The first-order valence-corrected chi connectivity index (χ1v) is 9.30. The van der Waals surface area contributed by atoms with Gasteiger partial charge in [-0.05, 0) is 49.7 Å². The summed E-state index contributed by atoms with van der Waals surface area (Å²) in [6, 6.07) is 16.3. The van der Waals surface area contributed by atoms with Crippen LogP contribution in [-0.2, 0) is 6.54 Å². The van der Waals surface area contributed by atoms with Crippen molar-refractivity contribution in [2.24, 2.45) is 0 Å². The van der Waals surface area contributed by atoms with Crippen molar-refractivity contribution in [2.75, 3.05) is 31.6 Å². The van der Waals surface area contributed by atoms with Gasteiger partial charge in [0.1, 0.15) is 12.0 Å². The highest BCUT2D eigenvalue weighted by Gasteiger charge is 2.08. The number of nitrogens with zero attached hydrogens (tertiary/aromatic N) is 2. The zero-order valence-corrected chi connectivity index (χ0v) is 16.2. The SMILES string of the molecule is CCN(CCNCc1coc(-c2cccc(OC)c2)n1)c1cccc(C)c1. The smallest absolute Gasteiger partial charge is 0.226 e. The molecule has 0 saturated heterocycles. The molecule has 0 atom stereocenters. The van der Waals surface area contributed by atoms with Gasteiger partial charge in [-0.15, -0.1) is 0 Å². The number of nitrogens with one attached hydrogen (secondary N) is 1. The number of likely N-dealkylation sites (N-methyl/N-ethyl adjacent to an activating group) is 1. The summed E-state index contributed by atoms with van der Waals surface area (Å²) in [6.07, 6.45) is 1.71. The molecular weight excluding hydrogens is 338 g/mol. The number of rotatable bonds is 9. The predicted molar refractivity (Wildman–Crippen MR) is 109 cm³/mol. The van der Waals surface area contributed by atoms with Crippen LogP contribution in [0.15, 0.2) is 59.2 Å². The van der Waals surface area contributed by atoms with E-state index in [1.807, 2.05) is 24.3 Å². The van der Waals surface area contributed by atoms with Gasteiger partial charge in [0.2, 0.25) is 5.89 Å². The van der Waals surface area contributed by atoms with Gasteiger partial charge in [-0.3, -0.25) is 0 Å². The van der Waals surface area contributed by atoms with Crippen LogP contribution in [0.5, 0.6) is 5.75 Å². The van der Waals surface area contributed by atoms with E-state index < -0.39 is 0 Å². The second-order valence-corrected chi connectivity index (χ2v) is 6.47. The molecule has 0 spiro atoms. The second kappa shape index (κ2) is 9.24. The van der Waals surface area contributed by atoms with E-state index in [0.717, 1.165) is 36.6 Å². The van der Waals surface area contributed by atoms with E-state index in [1.165, 1.54) is 11.3 Å². The molecule has 0 radical (unpaired) electrons. The molecule has 0 aliphatic rings. The Labute approximate surface area is 161 Å². The highest BCUT2D eigenvalue weighted by Crippen LogP contribution is 2.23. The van der Waals surface area contributed by atoms with Crippen LogP contribution in [0.25, 0.3) is 11.5 Å². The summed E-state index contributed by atoms with van der Waals surface area (Å²) in [7, 11) is 1.65. The van der Waals surface area contributed by atoms with Crippen molar-refractivity contribution in [3.63, 3.8) is 0 Å². The summed E-state index contributed by atoms with van der Waals surface area (Å²) in [4.78, 5) is 6.93. The van der Waals surface area contributed by atoms with Gasteiger partial charge in [-0.2, -0.15) is 0 Å². The maximum absolute atomic E-state index is 5.61. The second-order valence-electron chi connectivity index (χ2n) is 6.47. The lowest BCUT2D eigenvalue weighted by Gasteiger charge is -2.23. The molecule has 3 aromatic rings. The van der Waals surface area contributed by atoms with E-state index in [9.17, 15) is 0 Å². The number of hydrogen-bond donors (Lipinski definition) is 1. The Morgan fingerprint density at radius 2 is 2.00 bits per heavy atom. The van der Waals surface area contributed by atoms with Gasteiger partial charge in [0.15, 0.2) is 0 Å². The van der Waals surface area contributed by atoms with Crippen molar-refractivity contribution in [3.8, 4) is 17.2 Å². The maximum atomic E-state index is 5.61. The third kappa shape index (κ3) is 5.11. The maximum Gasteiger partial charge on any atom is 0.226 e. The summed E-state index contributed by atoms with van der Waals surface area (Å²) in [6.45, 7) is 7.79. The standard InChI is InChI=1S/C22H27N3O2/c1-4-25(20-9-5-7-17(2)13-20)12-11-23-15-19-16-27-22(24-19)18-8-6-10-21(14-18)26-3/h5-10,13-14,16,23H,4,11-12,15H2,1-3H3. The Morgan fingerprint density at radius 1 is 1.15 bits per heavy atom. The number of oxazole rings is 1. The Morgan fingerprint density at radius 3 is 2.78 bits per heavy atom. The van der Waals surface area contributed by atoms with E-state index >= 15 is 0 Å². The lowest BCUT2D eigenvalue weighted by atomic mass is 10.2. The quantitative estimate of drug-likeness (QED) is 0.574. The molecule has 0 aliphatic carbocycles. The monoisotopic (exact) mass is 365 g/mol. The van der Waals surface area contributed by atoms with Crippen LogP contribution in [0, 0.1) is 6.92 Å². The molecule has 0 amide bonds. The summed E-state index contributed by atoms with van der Waals surface area (Å²) in [5, 5.41) is 3.45. The largest absolute Gasteiger partial charge is 0.497 e. The number of aryl methyl sites for hydroxylation is 1. The number of ether oxygens (including phenoxy) is 1. The van der Waals surface area contributed by atoms with Crippen molar-refractivity contribution >= 4 is 5.69 Å². The first kappa shape index (κ1) is 19.0. The summed E-state index contributed by atoms with van der Waals surface area (Å²) in [5.74, 6) is 1.40. The van der Waals surface area contributed by atoms with Crippen LogP contribution in [0.3, 0.4) is 0 Å². The van der Waals surface area contributed by atoms with Gasteiger partial charge in [0.25, 0.3) is 0 Å². The van der Waals surface area contributed by atoms with Gasteiger partial charge in [-0.25, -0.2) is 4.98 Å². The first-order chi connectivity index (χ1) is 13.2. The van der Waals surface area contributed by atoms with Gasteiger partial charge in [0.05, 0.1) is 12.8 Å². The lowest BCUT2D eigenvalue weighted by molar-refractivity contribution is 0.414. The van der Waals surface area contributed by atoms with Gasteiger partial charge < -0.3 is 19.4 Å². The molecule has 1 aromatic heterocycles. The van der Waals surface area contributed by atoms with Crippen LogP contribution < -0.4 is 15.0 Å². The minimum Gasteiger partial charge on any atom is -0.497 e. The van der Waals surface area contributed by atoms with E-state index in [-0.39, 0.29) is 0 Å². The van der Waals surface area contributed by atoms with E-state index in [0.29, 0.717) is 12.4 Å². The van der Waals surface area contributed by atoms with E-state index in [2.05, 4.69) is 53.3 Å². The molecule has 5 nitrogen and oxygen atoms in total. The fourth-order valence-corrected chi connectivity index (χ4v) is 3.00. The van der Waals surface area contributed by atoms with Crippen LogP contribution in [0.2, 0.25) is 0 Å². The van der Waals surface area contributed by atoms with Crippen LogP contribution in [0.1, 0.15) is 18.2 Å². The fourth-order valence-electron chi connectivity index (χ4n) is 3.00. The fraction of sp³-hybridized carbons (Fsp3) is 0.318. The van der Waals surface area contributed by atoms with Gasteiger partial charge >= 0.3 is 0 Å². The highest BCUT2D eigenvalue weighted by atomic mass is 16.5. The molecule has 2 aromatic carbocycles. The molecule has 1 N–H and O–H groups in total. The average molecular weight is 365 g/mol. The Hall–Kier alpha value is -2.79. The minimum absolute atomic E-state index is 0.612. The van der Waals surface area contributed by atoms with E-state index in [4.69, 9.17) is 9.15 Å². The Kier molecular flexibility index (Phi) is 6.49. The topological polar surface area (TPSA) is 50.5 Å². The van der Waals surface area contributed by atoms with Crippen molar-refractivity contribution in [1.29, 1.82) is 0 Å². The molecule has 0 fully saturated rings. The molecule has 0 bridgehead atoms. The Balaban J connectivity index is 1.51. The van der Waals surface area contributed by atoms with Gasteiger partial charge in [0, 0.05) is 37.4 Å². The molecule has 5 heteroatoms. The molecular formula is C22H27N3O2. The molecule has 142 valence electrons. The lowest BCUT2D eigenvalue weighted by Crippen LogP contribution is -2.31. The number of aromatic nitrogens is 1. The van der Waals surface area contributed by atoms with Crippen molar-refractivity contribution in [1.82, 2.24) is 10.3 Å². The first-order valence-electron chi connectivity index (χ1n) is 9.30. The Bertz CT molecular complexity index is 860. The van der Waals surface area contributed by atoms with Crippen LogP contribution >= 0.6 is 0 Å². The third-order valence-corrected chi connectivity index (χ3v) is 4.48. The van der Waals surface area contributed by atoms with E-state index in [1.54, 1.807) is 13.4 Å². The minimum atomic E-state index is 0.612. The molecule has 1 heterocycles. The number of anilines is 1. The number of hydrogen-bond acceptors (Lipinski definition) is 5. The summed E-state index contributed by atoms with van der Waals surface area (Å²) in [5.41, 5.74) is 4.36. The summed E-state index contributed by atoms with van der Waals surface area (Å²) < 4.78 is 10.9. The normalized spacial score (nSPS) is 10.8. The molecule has 0 aliphatic heterocycles. The zero-order chi connectivity index (χ0) is 19.1. The zero-order valence-electron chi connectivity index (χ0n) is 16.2. The molecule has 0 saturated carbocycles. The van der Waals surface area contributed by atoms with Crippen LogP contribution in [0.4, 0.5) is 5.69 Å². The highest BCUT2D eigenvalue weighted by molar-refractivity contribution is 5.56. The van der Waals surface area contributed by atoms with Crippen molar-refractivity contribution < 1.29 is 9.15 Å².